The molecule has 0 aromatic rings. The molecule has 2 heterocycles. The Labute approximate surface area is 101 Å². The lowest BCUT2D eigenvalue weighted by Crippen LogP contribution is -2.52. The van der Waals surface area contributed by atoms with Crippen molar-refractivity contribution in [2.75, 3.05) is 13.2 Å². The van der Waals surface area contributed by atoms with E-state index in [0.29, 0.717) is 13.2 Å². The summed E-state index contributed by atoms with van der Waals surface area (Å²) in [4.78, 5) is 25.2. The minimum atomic E-state index is -0.378. The highest BCUT2D eigenvalue weighted by molar-refractivity contribution is 6.05. The highest BCUT2D eigenvalue weighted by Crippen LogP contribution is 2.23. The van der Waals surface area contributed by atoms with Gasteiger partial charge in [0.25, 0.3) is 0 Å². The molecule has 0 bridgehead atoms. The first-order valence-corrected chi connectivity index (χ1v) is 6.14. The van der Waals surface area contributed by atoms with Crippen molar-refractivity contribution in [3.05, 3.63) is 0 Å². The third kappa shape index (κ3) is 2.35. The van der Waals surface area contributed by atoms with Crippen LogP contribution in [0.4, 0.5) is 0 Å². The zero-order chi connectivity index (χ0) is 12.6. The number of amides is 2. The summed E-state index contributed by atoms with van der Waals surface area (Å²) in [6, 6.07) is -0.439. The molecule has 0 aliphatic carbocycles. The molecular formula is C12H20N2O3. The van der Waals surface area contributed by atoms with Crippen LogP contribution in [0, 0.1) is 0 Å². The van der Waals surface area contributed by atoms with Gasteiger partial charge < -0.3 is 4.74 Å². The van der Waals surface area contributed by atoms with E-state index in [4.69, 9.17) is 4.74 Å². The van der Waals surface area contributed by atoms with Gasteiger partial charge in [-0.15, -0.1) is 0 Å². The summed E-state index contributed by atoms with van der Waals surface area (Å²) in [5.74, 6) is -0.178. The van der Waals surface area contributed by atoms with E-state index in [9.17, 15) is 9.59 Å². The summed E-state index contributed by atoms with van der Waals surface area (Å²) < 4.78 is 5.33. The predicted molar refractivity (Wildman–Crippen MR) is 62.4 cm³/mol. The molecule has 5 nitrogen and oxygen atoms in total. The van der Waals surface area contributed by atoms with Gasteiger partial charge in [0.2, 0.25) is 11.8 Å². The zero-order valence-electron chi connectivity index (χ0n) is 10.7. The molecule has 0 aromatic heterocycles. The third-order valence-electron chi connectivity index (χ3n) is 3.44. The maximum Gasteiger partial charge on any atom is 0.247 e. The van der Waals surface area contributed by atoms with Crippen molar-refractivity contribution in [3.63, 3.8) is 0 Å². The predicted octanol–water partition coefficient (Wildman–Crippen LogP) is 0.291. The lowest BCUT2D eigenvalue weighted by molar-refractivity contribution is -0.140. The van der Waals surface area contributed by atoms with Crippen LogP contribution in [0.2, 0.25) is 0 Å². The lowest BCUT2D eigenvalue weighted by atomic mass is 10.00. The second-order valence-electron chi connectivity index (χ2n) is 5.46. The summed E-state index contributed by atoms with van der Waals surface area (Å²) in [6.07, 6.45) is 1.15. The fourth-order valence-electron chi connectivity index (χ4n) is 2.51. The van der Waals surface area contributed by atoms with Crippen molar-refractivity contribution in [2.24, 2.45) is 0 Å². The second-order valence-corrected chi connectivity index (χ2v) is 5.46. The first-order chi connectivity index (χ1) is 7.93. The molecule has 96 valence electrons. The van der Waals surface area contributed by atoms with Gasteiger partial charge in [-0.1, -0.05) is 0 Å². The van der Waals surface area contributed by atoms with E-state index in [2.05, 4.69) is 5.32 Å². The summed E-state index contributed by atoms with van der Waals surface area (Å²) in [5.41, 5.74) is -0.173. The van der Waals surface area contributed by atoms with Crippen molar-refractivity contribution in [2.45, 2.75) is 51.2 Å². The molecule has 2 saturated heterocycles. The average molecular weight is 240 g/mol. The second kappa shape index (κ2) is 4.38. The van der Waals surface area contributed by atoms with Gasteiger partial charge in [0.05, 0.1) is 19.1 Å². The van der Waals surface area contributed by atoms with Gasteiger partial charge in [-0.3, -0.25) is 19.8 Å². The number of ether oxygens (including phenoxy) is 1. The first kappa shape index (κ1) is 12.5. The number of likely N-dealkylation sites (tertiary alicyclic amines) is 1. The Hall–Kier alpha value is -0.940. The Morgan fingerprint density at radius 1 is 1.47 bits per heavy atom. The number of carbonyl (C=O) groups excluding carboxylic acids is 2. The van der Waals surface area contributed by atoms with E-state index in [1.807, 2.05) is 20.8 Å². The van der Waals surface area contributed by atoms with Gasteiger partial charge >= 0.3 is 0 Å². The molecule has 2 fully saturated rings. The third-order valence-corrected chi connectivity index (χ3v) is 3.44. The first-order valence-electron chi connectivity index (χ1n) is 6.14. The van der Waals surface area contributed by atoms with E-state index >= 15 is 0 Å². The Bertz CT molecular complexity index is 335. The molecule has 0 spiro atoms. The van der Waals surface area contributed by atoms with Crippen LogP contribution < -0.4 is 5.32 Å². The van der Waals surface area contributed by atoms with Crippen LogP contribution in [0.5, 0.6) is 0 Å². The van der Waals surface area contributed by atoms with Gasteiger partial charge in [0, 0.05) is 18.2 Å². The van der Waals surface area contributed by atoms with Crippen LogP contribution in [-0.2, 0) is 14.3 Å². The van der Waals surface area contributed by atoms with E-state index in [0.717, 1.165) is 6.42 Å². The molecule has 2 unspecified atom stereocenters. The highest BCUT2D eigenvalue weighted by atomic mass is 16.5. The quantitative estimate of drug-likeness (QED) is 0.720. The standard InChI is InChI=1S/C12H20N2O3/c1-8(2)14-10(15)6-9(11(14)16)13-12(3)4-5-17-7-12/h8-9,13H,4-7H2,1-3H3. The molecule has 2 atom stereocenters. The Morgan fingerprint density at radius 3 is 2.65 bits per heavy atom. The summed E-state index contributed by atoms with van der Waals surface area (Å²) >= 11 is 0. The minimum Gasteiger partial charge on any atom is -0.379 e. The minimum absolute atomic E-state index is 0.0607. The Kier molecular flexibility index (Phi) is 3.23. The maximum absolute atomic E-state index is 12.1. The normalized spacial score (nSPS) is 34.1. The SMILES string of the molecule is CC(C)N1C(=O)CC(NC2(C)CCOC2)C1=O. The van der Waals surface area contributed by atoms with E-state index < -0.39 is 0 Å². The van der Waals surface area contributed by atoms with Crippen LogP contribution in [0.1, 0.15) is 33.6 Å². The number of nitrogens with zero attached hydrogens (tertiary/aromatic N) is 1. The van der Waals surface area contributed by atoms with Crippen LogP contribution >= 0.6 is 0 Å². The van der Waals surface area contributed by atoms with Crippen molar-refractivity contribution in [1.29, 1.82) is 0 Å². The molecule has 2 amide bonds. The van der Waals surface area contributed by atoms with Crippen LogP contribution in [0.25, 0.3) is 0 Å². The number of nitrogens with one attached hydrogen (secondary N) is 1. The number of rotatable bonds is 3. The van der Waals surface area contributed by atoms with Crippen LogP contribution in [-0.4, -0.2) is 47.6 Å². The highest BCUT2D eigenvalue weighted by Gasteiger charge is 2.43. The fourth-order valence-corrected chi connectivity index (χ4v) is 2.51. The molecule has 5 heteroatoms. The molecule has 0 saturated carbocycles. The van der Waals surface area contributed by atoms with Crippen molar-refractivity contribution in [1.82, 2.24) is 10.2 Å². The Balaban J connectivity index is 2.04. The summed E-state index contributed by atoms with van der Waals surface area (Å²) in [5, 5.41) is 3.28. The zero-order valence-corrected chi connectivity index (χ0v) is 10.7. The number of carbonyl (C=O) groups is 2. The fraction of sp³-hybridized carbons (Fsp3) is 0.833. The van der Waals surface area contributed by atoms with Crippen LogP contribution in [0.3, 0.4) is 0 Å². The molecule has 2 aliphatic heterocycles. The summed E-state index contributed by atoms with van der Waals surface area (Å²) in [6.45, 7) is 7.08. The van der Waals surface area contributed by atoms with Crippen molar-refractivity contribution < 1.29 is 14.3 Å². The van der Waals surface area contributed by atoms with Gasteiger partial charge in [-0.25, -0.2) is 0 Å². The molecule has 2 rings (SSSR count). The molecular weight excluding hydrogens is 220 g/mol. The molecule has 17 heavy (non-hydrogen) atoms. The van der Waals surface area contributed by atoms with Gasteiger partial charge in [-0.2, -0.15) is 0 Å². The summed E-state index contributed by atoms with van der Waals surface area (Å²) in [7, 11) is 0. The van der Waals surface area contributed by atoms with E-state index in [1.165, 1.54) is 4.90 Å². The molecule has 1 N–H and O–H groups in total. The van der Waals surface area contributed by atoms with E-state index in [1.54, 1.807) is 0 Å². The smallest absolute Gasteiger partial charge is 0.247 e. The monoisotopic (exact) mass is 240 g/mol. The lowest BCUT2D eigenvalue weighted by Gasteiger charge is -2.27. The Morgan fingerprint density at radius 2 is 2.18 bits per heavy atom. The van der Waals surface area contributed by atoms with E-state index in [-0.39, 0.29) is 35.9 Å². The molecule has 0 radical (unpaired) electrons. The topological polar surface area (TPSA) is 58.6 Å². The number of hydrogen-bond donors (Lipinski definition) is 1. The molecule has 2 aliphatic rings. The van der Waals surface area contributed by atoms with Crippen molar-refractivity contribution in [3.8, 4) is 0 Å². The maximum atomic E-state index is 12.1. The molecule has 0 aromatic carbocycles. The van der Waals surface area contributed by atoms with Crippen molar-refractivity contribution >= 4 is 11.8 Å². The van der Waals surface area contributed by atoms with Gasteiger partial charge in [-0.05, 0) is 27.2 Å². The number of hydrogen-bond acceptors (Lipinski definition) is 4. The van der Waals surface area contributed by atoms with Gasteiger partial charge in [0.15, 0.2) is 0 Å². The van der Waals surface area contributed by atoms with Crippen LogP contribution in [0.15, 0.2) is 0 Å². The van der Waals surface area contributed by atoms with Gasteiger partial charge in [0.1, 0.15) is 0 Å². The largest absolute Gasteiger partial charge is 0.379 e. The average Bonchev–Trinajstić information content (AvgIpc) is 2.73. The number of imide groups is 1.